The molecule has 12 heavy (non-hydrogen) atoms. The third kappa shape index (κ3) is 1.39. The molecule has 2 rings (SSSR count). The van der Waals surface area contributed by atoms with Gasteiger partial charge in [-0.05, 0) is 37.6 Å². The van der Waals surface area contributed by atoms with Gasteiger partial charge in [-0.3, -0.25) is 0 Å². The van der Waals surface area contributed by atoms with E-state index in [9.17, 15) is 0 Å². The summed E-state index contributed by atoms with van der Waals surface area (Å²) in [7, 11) is 2.28. The van der Waals surface area contributed by atoms with Crippen LogP contribution in [0.5, 0.6) is 0 Å². The Balaban J connectivity index is 1.94. The van der Waals surface area contributed by atoms with Crippen molar-refractivity contribution in [2.75, 3.05) is 20.1 Å². The number of likely N-dealkylation sites (tertiary alicyclic amines) is 1. The Bertz CT molecular complexity index is 153. The second-order valence-electron chi connectivity index (χ2n) is 4.77. The van der Waals surface area contributed by atoms with Crippen molar-refractivity contribution in [1.29, 1.82) is 0 Å². The fraction of sp³-hybridized carbons (Fsp3) is 1.00. The van der Waals surface area contributed by atoms with Gasteiger partial charge in [0.05, 0.1) is 0 Å². The molecule has 3 unspecified atom stereocenters. The summed E-state index contributed by atoms with van der Waals surface area (Å²) in [5.74, 6) is 3.20. The summed E-state index contributed by atoms with van der Waals surface area (Å²) in [4.78, 5) is 2.52. The highest BCUT2D eigenvalue weighted by atomic mass is 15.1. The Labute approximate surface area is 76.1 Å². The zero-order chi connectivity index (χ0) is 8.55. The molecule has 0 radical (unpaired) electrons. The molecule has 0 bridgehead atoms. The quantitative estimate of drug-likeness (QED) is 0.610. The SMILES string of the molecule is CCCC1CCC2CN(C)CC12. The summed E-state index contributed by atoms with van der Waals surface area (Å²) in [6, 6.07) is 0. The largest absolute Gasteiger partial charge is 0.306 e. The normalized spacial score (nSPS) is 42.0. The zero-order valence-corrected chi connectivity index (χ0v) is 8.42. The Morgan fingerprint density at radius 3 is 2.83 bits per heavy atom. The summed E-state index contributed by atoms with van der Waals surface area (Å²) in [6.07, 6.45) is 5.91. The number of hydrogen-bond donors (Lipinski definition) is 0. The van der Waals surface area contributed by atoms with Crippen LogP contribution >= 0.6 is 0 Å². The van der Waals surface area contributed by atoms with Gasteiger partial charge >= 0.3 is 0 Å². The summed E-state index contributed by atoms with van der Waals surface area (Å²) in [5.41, 5.74) is 0. The number of rotatable bonds is 2. The lowest BCUT2D eigenvalue weighted by molar-refractivity contribution is 0.317. The lowest BCUT2D eigenvalue weighted by atomic mass is 9.89. The van der Waals surface area contributed by atoms with E-state index in [1.54, 1.807) is 0 Å². The molecule has 1 aliphatic heterocycles. The maximum absolute atomic E-state index is 2.52. The maximum atomic E-state index is 2.52. The first-order chi connectivity index (χ1) is 5.81. The van der Waals surface area contributed by atoms with Crippen LogP contribution in [0.25, 0.3) is 0 Å². The van der Waals surface area contributed by atoms with Crippen LogP contribution in [0.1, 0.15) is 32.6 Å². The molecule has 0 aromatic rings. The van der Waals surface area contributed by atoms with Crippen molar-refractivity contribution in [1.82, 2.24) is 4.90 Å². The molecule has 70 valence electrons. The number of nitrogens with zero attached hydrogens (tertiary/aromatic N) is 1. The highest BCUT2D eigenvalue weighted by molar-refractivity contribution is 4.92. The van der Waals surface area contributed by atoms with Gasteiger partial charge in [0.1, 0.15) is 0 Å². The minimum atomic E-state index is 1.06. The molecule has 0 amide bonds. The smallest absolute Gasteiger partial charge is 0.00125 e. The third-order valence-corrected chi connectivity index (χ3v) is 3.85. The van der Waals surface area contributed by atoms with Crippen LogP contribution in [-0.4, -0.2) is 25.0 Å². The number of hydrogen-bond acceptors (Lipinski definition) is 1. The van der Waals surface area contributed by atoms with Crippen LogP contribution in [-0.2, 0) is 0 Å². The minimum absolute atomic E-state index is 1.06. The molecule has 0 aromatic heterocycles. The maximum Gasteiger partial charge on any atom is 0.00125 e. The molecule has 0 aromatic carbocycles. The van der Waals surface area contributed by atoms with Crippen LogP contribution in [0.2, 0.25) is 0 Å². The Kier molecular flexibility index (Phi) is 2.40. The summed E-state index contributed by atoms with van der Waals surface area (Å²) < 4.78 is 0. The predicted molar refractivity (Wildman–Crippen MR) is 52.1 cm³/mol. The van der Waals surface area contributed by atoms with Gasteiger partial charge in [-0.2, -0.15) is 0 Å². The molecule has 0 N–H and O–H groups in total. The first kappa shape index (κ1) is 8.55. The van der Waals surface area contributed by atoms with Gasteiger partial charge in [-0.1, -0.05) is 19.8 Å². The average Bonchev–Trinajstić information content (AvgIpc) is 2.52. The van der Waals surface area contributed by atoms with Crippen molar-refractivity contribution in [3.63, 3.8) is 0 Å². The second kappa shape index (κ2) is 3.37. The van der Waals surface area contributed by atoms with Gasteiger partial charge in [0, 0.05) is 13.1 Å². The summed E-state index contributed by atoms with van der Waals surface area (Å²) in [5, 5.41) is 0. The highest BCUT2D eigenvalue weighted by Gasteiger charge is 2.40. The van der Waals surface area contributed by atoms with Crippen molar-refractivity contribution >= 4 is 0 Å². The van der Waals surface area contributed by atoms with Crippen molar-refractivity contribution in [3.8, 4) is 0 Å². The molecule has 1 saturated carbocycles. The molecule has 1 nitrogen and oxygen atoms in total. The first-order valence-electron chi connectivity index (χ1n) is 5.49. The minimum Gasteiger partial charge on any atom is -0.306 e. The van der Waals surface area contributed by atoms with Gasteiger partial charge in [-0.15, -0.1) is 0 Å². The first-order valence-corrected chi connectivity index (χ1v) is 5.49. The van der Waals surface area contributed by atoms with E-state index in [1.165, 1.54) is 38.8 Å². The van der Waals surface area contributed by atoms with Gasteiger partial charge < -0.3 is 4.90 Å². The molecule has 3 atom stereocenters. The molecule has 1 saturated heterocycles. The van der Waals surface area contributed by atoms with Gasteiger partial charge in [-0.25, -0.2) is 0 Å². The van der Waals surface area contributed by atoms with E-state index in [4.69, 9.17) is 0 Å². The Hall–Kier alpha value is -0.0400. The average molecular weight is 167 g/mol. The van der Waals surface area contributed by atoms with Crippen molar-refractivity contribution in [2.24, 2.45) is 17.8 Å². The van der Waals surface area contributed by atoms with Crippen LogP contribution in [0.3, 0.4) is 0 Å². The standard InChI is InChI=1S/C11H21N/c1-3-4-9-5-6-10-7-12(2)8-11(9)10/h9-11H,3-8H2,1-2H3. The lowest BCUT2D eigenvalue weighted by Gasteiger charge is -2.17. The molecule has 2 aliphatic rings. The van der Waals surface area contributed by atoms with E-state index in [1.807, 2.05) is 0 Å². The molecular formula is C11H21N. The summed E-state index contributed by atoms with van der Waals surface area (Å²) in [6.45, 7) is 5.09. The predicted octanol–water partition coefficient (Wildman–Crippen LogP) is 2.37. The highest BCUT2D eigenvalue weighted by Crippen LogP contribution is 2.43. The van der Waals surface area contributed by atoms with Crippen LogP contribution < -0.4 is 0 Å². The summed E-state index contributed by atoms with van der Waals surface area (Å²) >= 11 is 0. The monoisotopic (exact) mass is 167 g/mol. The van der Waals surface area contributed by atoms with Crippen molar-refractivity contribution in [3.05, 3.63) is 0 Å². The van der Waals surface area contributed by atoms with Crippen LogP contribution in [0.4, 0.5) is 0 Å². The van der Waals surface area contributed by atoms with E-state index >= 15 is 0 Å². The second-order valence-corrected chi connectivity index (χ2v) is 4.77. The molecule has 0 spiro atoms. The van der Waals surface area contributed by atoms with E-state index in [0.717, 1.165) is 17.8 Å². The number of fused-ring (bicyclic) bond motifs is 1. The fourth-order valence-electron chi connectivity index (χ4n) is 3.33. The molecule has 2 fully saturated rings. The van der Waals surface area contributed by atoms with Crippen LogP contribution in [0, 0.1) is 17.8 Å². The van der Waals surface area contributed by atoms with Gasteiger partial charge in [0.2, 0.25) is 0 Å². The molecular weight excluding hydrogens is 146 g/mol. The zero-order valence-electron chi connectivity index (χ0n) is 8.42. The van der Waals surface area contributed by atoms with E-state index < -0.39 is 0 Å². The van der Waals surface area contributed by atoms with E-state index in [-0.39, 0.29) is 0 Å². The third-order valence-electron chi connectivity index (χ3n) is 3.85. The molecule has 1 heteroatoms. The van der Waals surface area contributed by atoms with E-state index in [0.29, 0.717) is 0 Å². The van der Waals surface area contributed by atoms with Crippen LogP contribution in [0.15, 0.2) is 0 Å². The van der Waals surface area contributed by atoms with Crippen molar-refractivity contribution in [2.45, 2.75) is 32.6 Å². The van der Waals surface area contributed by atoms with E-state index in [2.05, 4.69) is 18.9 Å². The molecule has 1 heterocycles. The topological polar surface area (TPSA) is 3.24 Å². The molecule has 1 aliphatic carbocycles. The Morgan fingerprint density at radius 2 is 2.08 bits per heavy atom. The lowest BCUT2D eigenvalue weighted by Crippen LogP contribution is -2.18. The fourth-order valence-corrected chi connectivity index (χ4v) is 3.33. The van der Waals surface area contributed by atoms with Gasteiger partial charge in [0.25, 0.3) is 0 Å². The van der Waals surface area contributed by atoms with Crippen molar-refractivity contribution < 1.29 is 0 Å². The Morgan fingerprint density at radius 1 is 1.25 bits per heavy atom. The van der Waals surface area contributed by atoms with Gasteiger partial charge in [0.15, 0.2) is 0 Å².